The minimum Gasteiger partial charge on any atom is -0.372 e. The van der Waals surface area contributed by atoms with Crippen molar-refractivity contribution >= 4 is 11.7 Å². The van der Waals surface area contributed by atoms with Gasteiger partial charge in [-0.05, 0) is 28.8 Å². The van der Waals surface area contributed by atoms with Gasteiger partial charge in [0.15, 0.2) is 0 Å². The highest BCUT2D eigenvalue weighted by Gasteiger charge is 2.05. The number of amides is 1. The van der Waals surface area contributed by atoms with Crippen LogP contribution in [0.4, 0.5) is 5.82 Å². The van der Waals surface area contributed by atoms with Crippen molar-refractivity contribution in [2.75, 3.05) is 5.32 Å². The number of pyridine rings is 1. The summed E-state index contributed by atoms with van der Waals surface area (Å²) in [6.45, 7) is 1.03. The first-order valence-electron chi connectivity index (χ1n) is 8.20. The van der Waals surface area contributed by atoms with Crippen LogP contribution < -0.4 is 5.32 Å². The molecule has 0 atom stereocenters. The third-order valence-electron chi connectivity index (χ3n) is 3.68. The van der Waals surface area contributed by atoms with E-state index in [2.05, 4.69) is 10.3 Å². The first-order chi connectivity index (χ1) is 12.3. The van der Waals surface area contributed by atoms with Gasteiger partial charge in [-0.2, -0.15) is 0 Å². The number of carbonyl (C=O) groups is 1. The molecule has 3 aromatic rings. The van der Waals surface area contributed by atoms with Crippen molar-refractivity contribution in [3.8, 4) is 0 Å². The van der Waals surface area contributed by atoms with Crippen LogP contribution >= 0.6 is 0 Å². The summed E-state index contributed by atoms with van der Waals surface area (Å²) in [7, 11) is 0. The zero-order valence-corrected chi connectivity index (χ0v) is 13.9. The van der Waals surface area contributed by atoms with E-state index in [9.17, 15) is 4.79 Å². The van der Waals surface area contributed by atoms with Crippen molar-refractivity contribution in [3.63, 3.8) is 0 Å². The van der Waals surface area contributed by atoms with Gasteiger partial charge in [-0.15, -0.1) is 0 Å². The fourth-order valence-electron chi connectivity index (χ4n) is 2.46. The molecule has 126 valence electrons. The van der Waals surface area contributed by atoms with Gasteiger partial charge < -0.3 is 10.1 Å². The summed E-state index contributed by atoms with van der Waals surface area (Å²) in [5.74, 6) is 0.461. The van der Waals surface area contributed by atoms with E-state index in [0.29, 0.717) is 25.5 Å². The van der Waals surface area contributed by atoms with Crippen LogP contribution in [0.5, 0.6) is 0 Å². The average Bonchev–Trinajstić information content (AvgIpc) is 2.64. The largest absolute Gasteiger partial charge is 0.372 e. The standard InChI is InChI=1S/C21H20N2O2/c24-21(14-17-7-3-1-4-8-17)23-20-13-19(11-12-22-20)16-25-15-18-9-5-2-6-10-18/h1-13H,14-16H2,(H,22,23,24). The van der Waals surface area contributed by atoms with Crippen LogP contribution in [0.15, 0.2) is 79.0 Å². The third-order valence-corrected chi connectivity index (χ3v) is 3.68. The summed E-state index contributed by atoms with van der Waals surface area (Å²) in [5, 5.41) is 2.83. The van der Waals surface area contributed by atoms with E-state index < -0.39 is 0 Å². The molecule has 4 nitrogen and oxygen atoms in total. The van der Waals surface area contributed by atoms with E-state index in [0.717, 1.165) is 16.7 Å². The lowest BCUT2D eigenvalue weighted by Crippen LogP contribution is -2.15. The highest BCUT2D eigenvalue weighted by Crippen LogP contribution is 2.11. The Kier molecular flexibility index (Phi) is 5.91. The van der Waals surface area contributed by atoms with Crippen LogP contribution in [0.2, 0.25) is 0 Å². The molecular weight excluding hydrogens is 312 g/mol. The summed E-state index contributed by atoms with van der Waals surface area (Å²) in [6, 6.07) is 23.4. The Labute approximate surface area is 147 Å². The van der Waals surface area contributed by atoms with Crippen LogP contribution in [0.25, 0.3) is 0 Å². The topological polar surface area (TPSA) is 51.2 Å². The molecule has 3 rings (SSSR count). The van der Waals surface area contributed by atoms with Crippen LogP contribution in [0, 0.1) is 0 Å². The third kappa shape index (κ3) is 5.55. The number of nitrogens with zero attached hydrogens (tertiary/aromatic N) is 1. The van der Waals surface area contributed by atoms with Crippen molar-refractivity contribution in [3.05, 3.63) is 95.7 Å². The second-order valence-corrected chi connectivity index (χ2v) is 5.74. The molecule has 1 aromatic heterocycles. The fraction of sp³-hybridized carbons (Fsp3) is 0.143. The normalized spacial score (nSPS) is 10.4. The summed E-state index contributed by atoms with van der Waals surface area (Å²) >= 11 is 0. The number of nitrogens with one attached hydrogen (secondary N) is 1. The van der Waals surface area contributed by atoms with E-state index in [1.54, 1.807) is 6.20 Å². The summed E-state index contributed by atoms with van der Waals surface area (Å²) in [6.07, 6.45) is 2.01. The van der Waals surface area contributed by atoms with Crippen molar-refractivity contribution < 1.29 is 9.53 Å². The van der Waals surface area contributed by atoms with E-state index >= 15 is 0 Å². The van der Waals surface area contributed by atoms with E-state index in [4.69, 9.17) is 4.74 Å². The molecule has 0 aliphatic heterocycles. The highest BCUT2D eigenvalue weighted by atomic mass is 16.5. The van der Waals surface area contributed by atoms with Gasteiger partial charge in [0.25, 0.3) is 0 Å². The Morgan fingerprint density at radius 2 is 1.48 bits per heavy atom. The van der Waals surface area contributed by atoms with E-state index in [-0.39, 0.29) is 5.91 Å². The number of rotatable bonds is 7. The Balaban J connectivity index is 1.51. The summed E-state index contributed by atoms with van der Waals surface area (Å²) in [5.41, 5.74) is 3.08. The predicted molar refractivity (Wildman–Crippen MR) is 97.9 cm³/mol. The molecule has 1 heterocycles. The molecule has 0 aliphatic carbocycles. The number of carbonyl (C=O) groups excluding carboxylic acids is 1. The van der Waals surface area contributed by atoms with Gasteiger partial charge in [0.05, 0.1) is 19.6 Å². The first kappa shape index (κ1) is 16.9. The Morgan fingerprint density at radius 1 is 0.840 bits per heavy atom. The molecule has 0 saturated carbocycles. The minimum absolute atomic E-state index is 0.0824. The average molecular weight is 332 g/mol. The SMILES string of the molecule is O=C(Cc1ccccc1)Nc1cc(COCc2ccccc2)ccn1. The van der Waals surface area contributed by atoms with Gasteiger partial charge in [-0.3, -0.25) is 4.79 Å². The minimum atomic E-state index is -0.0824. The monoisotopic (exact) mass is 332 g/mol. The molecule has 0 saturated heterocycles. The number of hydrogen-bond donors (Lipinski definition) is 1. The number of hydrogen-bond acceptors (Lipinski definition) is 3. The van der Waals surface area contributed by atoms with E-state index in [1.165, 1.54) is 0 Å². The lowest BCUT2D eigenvalue weighted by molar-refractivity contribution is -0.115. The zero-order valence-electron chi connectivity index (χ0n) is 13.9. The number of benzene rings is 2. The number of ether oxygens (including phenoxy) is 1. The molecule has 2 aromatic carbocycles. The maximum atomic E-state index is 12.1. The second kappa shape index (κ2) is 8.76. The molecule has 0 unspecified atom stereocenters. The molecule has 1 amide bonds. The molecule has 25 heavy (non-hydrogen) atoms. The quantitative estimate of drug-likeness (QED) is 0.712. The van der Waals surface area contributed by atoms with Gasteiger partial charge in [-0.25, -0.2) is 4.98 Å². The van der Waals surface area contributed by atoms with Gasteiger partial charge in [-0.1, -0.05) is 60.7 Å². The molecule has 1 N–H and O–H groups in total. The Morgan fingerprint density at radius 3 is 2.20 bits per heavy atom. The molecule has 0 spiro atoms. The van der Waals surface area contributed by atoms with Crippen molar-refractivity contribution in [2.24, 2.45) is 0 Å². The Bertz CT molecular complexity index is 804. The first-order valence-corrected chi connectivity index (χ1v) is 8.20. The summed E-state index contributed by atoms with van der Waals surface area (Å²) < 4.78 is 5.72. The molecule has 4 heteroatoms. The molecule has 0 radical (unpaired) electrons. The molecule has 0 aliphatic rings. The highest BCUT2D eigenvalue weighted by molar-refractivity contribution is 5.91. The number of anilines is 1. The van der Waals surface area contributed by atoms with Crippen LogP contribution in [-0.4, -0.2) is 10.9 Å². The zero-order chi connectivity index (χ0) is 17.3. The second-order valence-electron chi connectivity index (χ2n) is 5.74. The smallest absolute Gasteiger partial charge is 0.229 e. The fourth-order valence-corrected chi connectivity index (χ4v) is 2.46. The lowest BCUT2D eigenvalue weighted by atomic mass is 10.1. The van der Waals surface area contributed by atoms with Gasteiger partial charge >= 0.3 is 0 Å². The van der Waals surface area contributed by atoms with Gasteiger partial charge in [0, 0.05) is 6.20 Å². The van der Waals surface area contributed by atoms with Crippen LogP contribution in [-0.2, 0) is 29.2 Å². The van der Waals surface area contributed by atoms with Gasteiger partial charge in [0.2, 0.25) is 5.91 Å². The molecule has 0 fully saturated rings. The maximum Gasteiger partial charge on any atom is 0.229 e. The maximum absolute atomic E-state index is 12.1. The van der Waals surface area contributed by atoms with Crippen molar-refractivity contribution in [1.82, 2.24) is 4.98 Å². The van der Waals surface area contributed by atoms with Gasteiger partial charge in [0.1, 0.15) is 5.82 Å². The Hall–Kier alpha value is -2.98. The lowest BCUT2D eigenvalue weighted by Gasteiger charge is -2.08. The van der Waals surface area contributed by atoms with Crippen molar-refractivity contribution in [2.45, 2.75) is 19.6 Å². The van der Waals surface area contributed by atoms with Crippen LogP contribution in [0.3, 0.4) is 0 Å². The number of aromatic nitrogens is 1. The summed E-state index contributed by atoms with van der Waals surface area (Å²) in [4.78, 5) is 16.3. The molecular formula is C21H20N2O2. The van der Waals surface area contributed by atoms with Crippen LogP contribution in [0.1, 0.15) is 16.7 Å². The van der Waals surface area contributed by atoms with E-state index in [1.807, 2.05) is 72.8 Å². The van der Waals surface area contributed by atoms with Crippen molar-refractivity contribution in [1.29, 1.82) is 0 Å². The molecule has 0 bridgehead atoms. The predicted octanol–water partition coefficient (Wildman–Crippen LogP) is 3.98.